The number of hydrogen-bond acceptors (Lipinski definition) is 4. The van der Waals surface area contributed by atoms with Gasteiger partial charge in [0.1, 0.15) is 17.3 Å². The number of para-hydroxylation sites is 1. The molecular weight excluding hydrogens is 366 g/mol. The number of carbonyl (C=O) groups is 1. The highest BCUT2D eigenvalue weighted by Gasteiger charge is 2.26. The first-order chi connectivity index (χ1) is 13.6. The van der Waals surface area contributed by atoms with Gasteiger partial charge in [-0.25, -0.2) is 8.78 Å². The summed E-state index contributed by atoms with van der Waals surface area (Å²) in [6, 6.07) is 9.51. The maximum absolute atomic E-state index is 13.8. The standard InChI is InChI=1S/C21H22F2N2O3/c22-16-6-3-7-17(23)21(16)24-20(26)12-25(15-4-1-2-5-15)11-14-8-9-18-19(10-14)28-13-27-18/h3,6-10,15H,1-2,4-5,11-13H2,(H,24,26). The first-order valence-corrected chi connectivity index (χ1v) is 9.46. The molecule has 1 fully saturated rings. The van der Waals surface area contributed by atoms with Gasteiger partial charge in [-0.1, -0.05) is 25.0 Å². The first-order valence-electron chi connectivity index (χ1n) is 9.46. The summed E-state index contributed by atoms with van der Waals surface area (Å²) in [4.78, 5) is 14.6. The summed E-state index contributed by atoms with van der Waals surface area (Å²) in [6.07, 6.45) is 4.25. The highest BCUT2D eigenvalue weighted by atomic mass is 19.1. The average Bonchev–Trinajstić information content (AvgIpc) is 3.35. The quantitative estimate of drug-likeness (QED) is 0.810. The topological polar surface area (TPSA) is 50.8 Å². The third-order valence-corrected chi connectivity index (χ3v) is 5.24. The Morgan fingerprint density at radius 3 is 2.54 bits per heavy atom. The molecule has 1 N–H and O–H groups in total. The molecule has 0 unspecified atom stereocenters. The molecule has 1 amide bonds. The van der Waals surface area contributed by atoms with Gasteiger partial charge in [0.2, 0.25) is 12.7 Å². The molecule has 0 spiro atoms. The molecule has 2 aliphatic rings. The number of amides is 1. The zero-order valence-corrected chi connectivity index (χ0v) is 15.4. The summed E-state index contributed by atoms with van der Waals surface area (Å²) in [7, 11) is 0. The predicted molar refractivity (Wildman–Crippen MR) is 100 cm³/mol. The fourth-order valence-electron chi connectivity index (χ4n) is 3.84. The Balaban J connectivity index is 1.47. The van der Waals surface area contributed by atoms with Gasteiger partial charge < -0.3 is 14.8 Å². The number of nitrogens with zero attached hydrogens (tertiary/aromatic N) is 1. The summed E-state index contributed by atoms with van der Waals surface area (Å²) in [5.41, 5.74) is 0.600. The summed E-state index contributed by atoms with van der Waals surface area (Å²) in [6.45, 7) is 0.823. The lowest BCUT2D eigenvalue weighted by atomic mass is 10.1. The van der Waals surface area contributed by atoms with Crippen LogP contribution in [0.15, 0.2) is 36.4 Å². The van der Waals surface area contributed by atoms with Gasteiger partial charge in [-0.2, -0.15) is 0 Å². The fourth-order valence-corrected chi connectivity index (χ4v) is 3.84. The van der Waals surface area contributed by atoms with Crippen molar-refractivity contribution in [2.24, 2.45) is 0 Å². The number of carbonyl (C=O) groups excluding carboxylic acids is 1. The van der Waals surface area contributed by atoms with E-state index in [1.165, 1.54) is 6.07 Å². The van der Waals surface area contributed by atoms with Crippen LogP contribution in [0.3, 0.4) is 0 Å². The van der Waals surface area contributed by atoms with Crippen molar-refractivity contribution in [3.63, 3.8) is 0 Å². The van der Waals surface area contributed by atoms with Crippen molar-refractivity contribution in [2.75, 3.05) is 18.7 Å². The number of rotatable bonds is 6. The van der Waals surface area contributed by atoms with Crippen LogP contribution in [-0.4, -0.2) is 30.2 Å². The number of benzene rings is 2. The number of ether oxygens (including phenoxy) is 2. The highest BCUT2D eigenvalue weighted by Crippen LogP contribution is 2.33. The van der Waals surface area contributed by atoms with Crippen molar-refractivity contribution in [3.8, 4) is 11.5 Å². The molecule has 0 saturated heterocycles. The van der Waals surface area contributed by atoms with Gasteiger partial charge in [0, 0.05) is 12.6 Å². The van der Waals surface area contributed by atoms with Gasteiger partial charge in [-0.15, -0.1) is 0 Å². The van der Waals surface area contributed by atoms with Gasteiger partial charge in [0.15, 0.2) is 11.5 Å². The van der Waals surface area contributed by atoms with E-state index in [0.29, 0.717) is 18.0 Å². The zero-order valence-electron chi connectivity index (χ0n) is 15.4. The number of fused-ring (bicyclic) bond motifs is 1. The minimum atomic E-state index is -0.781. The Labute approximate surface area is 162 Å². The van der Waals surface area contributed by atoms with Gasteiger partial charge >= 0.3 is 0 Å². The lowest BCUT2D eigenvalue weighted by Crippen LogP contribution is -2.39. The van der Waals surface area contributed by atoms with Crippen LogP contribution < -0.4 is 14.8 Å². The summed E-state index contributed by atoms with van der Waals surface area (Å²) >= 11 is 0. The summed E-state index contributed by atoms with van der Waals surface area (Å²) in [5.74, 6) is -0.588. The van der Waals surface area contributed by atoms with Crippen LogP contribution in [0.2, 0.25) is 0 Å². The molecule has 2 aromatic carbocycles. The molecule has 0 aromatic heterocycles. The second kappa shape index (κ2) is 8.14. The Morgan fingerprint density at radius 1 is 1.07 bits per heavy atom. The molecule has 1 aliphatic heterocycles. The normalized spacial score (nSPS) is 16.0. The van der Waals surface area contributed by atoms with Crippen LogP contribution in [0.4, 0.5) is 14.5 Å². The van der Waals surface area contributed by atoms with Crippen molar-refractivity contribution >= 4 is 11.6 Å². The second-order valence-electron chi connectivity index (χ2n) is 7.18. The SMILES string of the molecule is O=C(CN(Cc1ccc2c(c1)OCO2)C1CCCC1)Nc1c(F)cccc1F. The van der Waals surface area contributed by atoms with E-state index < -0.39 is 23.2 Å². The van der Waals surface area contributed by atoms with E-state index in [1.807, 2.05) is 18.2 Å². The number of hydrogen-bond donors (Lipinski definition) is 1. The van der Waals surface area contributed by atoms with Crippen molar-refractivity contribution in [2.45, 2.75) is 38.3 Å². The number of halogens is 2. The van der Waals surface area contributed by atoms with Gasteiger partial charge in [0.05, 0.1) is 6.54 Å². The van der Waals surface area contributed by atoms with Gasteiger partial charge in [-0.05, 0) is 42.7 Å². The Bertz CT molecular complexity index is 848. The minimum absolute atomic E-state index is 0.0624. The Kier molecular flexibility index (Phi) is 5.43. The van der Waals surface area contributed by atoms with E-state index in [4.69, 9.17) is 9.47 Å². The molecule has 7 heteroatoms. The maximum atomic E-state index is 13.8. The molecular formula is C21H22F2N2O3. The maximum Gasteiger partial charge on any atom is 0.238 e. The van der Waals surface area contributed by atoms with Crippen LogP contribution in [0.5, 0.6) is 11.5 Å². The van der Waals surface area contributed by atoms with E-state index in [-0.39, 0.29) is 19.4 Å². The molecule has 28 heavy (non-hydrogen) atoms. The monoisotopic (exact) mass is 388 g/mol. The zero-order chi connectivity index (χ0) is 19.5. The molecule has 0 radical (unpaired) electrons. The Morgan fingerprint density at radius 2 is 1.79 bits per heavy atom. The molecule has 148 valence electrons. The lowest BCUT2D eigenvalue weighted by Gasteiger charge is -2.28. The largest absolute Gasteiger partial charge is 0.454 e. The highest BCUT2D eigenvalue weighted by molar-refractivity contribution is 5.92. The van der Waals surface area contributed by atoms with Crippen LogP contribution >= 0.6 is 0 Å². The molecule has 1 saturated carbocycles. The van der Waals surface area contributed by atoms with Crippen LogP contribution in [0.1, 0.15) is 31.2 Å². The second-order valence-corrected chi connectivity index (χ2v) is 7.18. The van der Waals surface area contributed by atoms with Gasteiger partial charge in [0.25, 0.3) is 0 Å². The van der Waals surface area contributed by atoms with Gasteiger partial charge in [-0.3, -0.25) is 9.69 Å². The third-order valence-electron chi connectivity index (χ3n) is 5.24. The molecule has 0 atom stereocenters. The molecule has 0 bridgehead atoms. The van der Waals surface area contributed by atoms with Crippen LogP contribution in [0, 0.1) is 11.6 Å². The molecule has 2 aromatic rings. The molecule has 1 heterocycles. The average molecular weight is 388 g/mol. The summed E-state index contributed by atoms with van der Waals surface area (Å²) < 4.78 is 38.4. The Hall–Kier alpha value is -2.67. The van der Waals surface area contributed by atoms with E-state index in [0.717, 1.165) is 43.4 Å². The third kappa shape index (κ3) is 4.09. The van der Waals surface area contributed by atoms with Crippen molar-refractivity contribution in [1.29, 1.82) is 0 Å². The number of nitrogens with one attached hydrogen (secondary N) is 1. The smallest absolute Gasteiger partial charge is 0.238 e. The molecule has 1 aliphatic carbocycles. The van der Waals surface area contributed by atoms with E-state index in [1.54, 1.807) is 0 Å². The van der Waals surface area contributed by atoms with E-state index in [2.05, 4.69) is 10.2 Å². The van der Waals surface area contributed by atoms with Crippen LogP contribution in [0.25, 0.3) is 0 Å². The van der Waals surface area contributed by atoms with Crippen molar-refractivity contribution < 1.29 is 23.0 Å². The first kappa shape index (κ1) is 18.7. The lowest BCUT2D eigenvalue weighted by molar-refractivity contribution is -0.118. The summed E-state index contributed by atoms with van der Waals surface area (Å²) in [5, 5.41) is 2.38. The predicted octanol–water partition coefficient (Wildman–Crippen LogP) is 4.08. The van der Waals surface area contributed by atoms with Crippen molar-refractivity contribution in [3.05, 3.63) is 53.6 Å². The minimum Gasteiger partial charge on any atom is -0.454 e. The molecule has 4 rings (SSSR count). The fraction of sp³-hybridized carbons (Fsp3) is 0.381. The van der Waals surface area contributed by atoms with E-state index in [9.17, 15) is 13.6 Å². The van der Waals surface area contributed by atoms with Crippen LogP contribution in [-0.2, 0) is 11.3 Å². The van der Waals surface area contributed by atoms with Crippen molar-refractivity contribution in [1.82, 2.24) is 4.90 Å². The molecule has 5 nitrogen and oxygen atoms in total. The number of anilines is 1. The van der Waals surface area contributed by atoms with E-state index >= 15 is 0 Å².